The minimum atomic E-state index is 0.722. The Hall–Kier alpha value is -1.14. The molecule has 1 aliphatic heterocycles. The lowest BCUT2D eigenvalue weighted by molar-refractivity contribution is 0.307. The van der Waals surface area contributed by atoms with E-state index in [4.69, 9.17) is 23.8 Å². The molecule has 2 aromatic rings. The van der Waals surface area contributed by atoms with Crippen molar-refractivity contribution >= 4 is 46.0 Å². The summed E-state index contributed by atoms with van der Waals surface area (Å²) in [5.41, 5.74) is 2.13. The van der Waals surface area contributed by atoms with E-state index >= 15 is 0 Å². The van der Waals surface area contributed by atoms with Gasteiger partial charge in [0.1, 0.15) is 0 Å². The van der Waals surface area contributed by atoms with Crippen LogP contribution in [0.2, 0.25) is 5.02 Å². The van der Waals surface area contributed by atoms with Gasteiger partial charge in [-0.15, -0.1) is 11.3 Å². The van der Waals surface area contributed by atoms with Gasteiger partial charge in [0.25, 0.3) is 0 Å². The van der Waals surface area contributed by atoms with Gasteiger partial charge in [-0.2, -0.15) is 0 Å². The second kappa shape index (κ2) is 9.70. The fourth-order valence-electron chi connectivity index (χ4n) is 3.26. The van der Waals surface area contributed by atoms with Gasteiger partial charge in [0.05, 0.1) is 6.54 Å². The zero-order valence-electron chi connectivity index (χ0n) is 15.2. The van der Waals surface area contributed by atoms with Crippen LogP contribution in [0.1, 0.15) is 29.7 Å². The summed E-state index contributed by atoms with van der Waals surface area (Å²) in [6.45, 7) is 7.52. The zero-order valence-corrected chi connectivity index (χ0v) is 17.6. The largest absolute Gasteiger partial charge is 0.344 e. The van der Waals surface area contributed by atoms with Crippen molar-refractivity contribution in [3.05, 3.63) is 51.2 Å². The molecule has 1 fully saturated rings. The van der Waals surface area contributed by atoms with Crippen LogP contribution in [-0.4, -0.2) is 41.1 Å². The van der Waals surface area contributed by atoms with Gasteiger partial charge in [0.15, 0.2) is 5.11 Å². The van der Waals surface area contributed by atoms with Crippen LogP contribution < -0.4 is 5.32 Å². The standard InChI is InChI=1S/C20H26ClN3S2/c1-16-7-8-17(21)14-19(16)22-20(25)24(15-18-6-4-13-26-18)12-5-11-23-9-2-3-10-23/h4,6-8,13-14H,2-3,5,9-12,15H2,1H3,(H,22,25). The number of halogens is 1. The topological polar surface area (TPSA) is 18.5 Å². The van der Waals surface area contributed by atoms with E-state index in [0.29, 0.717) is 0 Å². The molecule has 0 aliphatic carbocycles. The van der Waals surface area contributed by atoms with Crippen LogP contribution in [0, 0.1) is 6.92 Å². The zero-order chi connectivity index (χ0) is 18.4. The SMILES string of the molecule is Cc1ccc(Cl)cc1NC(=S)N(CCCN1CCCC1)Cc1cccs1. The molecule has 0 saturated carbocycles. The van der Waals surface area contributed by atoms with Crippen LogP contribution in [-0.2, 0) is 6.54 Å². The molecule has 0 radical (unpaired) electrons. The highest BCUT2D eigenvalue weighted by molar-refractivity contribution is 7.80. The van der Waals surface area contributed by atoms with E-state index in [1.807, 2.05) is 18.2 Å². The minimum Gasteiger partial charge on any atom is -0.344 e. The number of rotatable bonds is 7. The fraction of sp³-hybridized carbons (Fsp3) is 0.450. The molecule has 0 unspecified atom stereocenters. The number of nitrogens with zero attached hydrogens (tertiary/aromatic N) is 2. The summed E-state index contributed by atoms with van der Waals surface area (Å²) in [7, 11) is 0. The number of aryl methyl sites for hydroxylation is 1. The molecule has 0 bridgehead atoms. The maximum absolute atomic E-state index is 6.15. The molecule has 0 amide bonds. The Balaban J connectivity index is 1.62. The molecule has 0 atom stereocenters. The molecule has 0 spiro atoms. The molecular formula is C20H26ClN3S2. The van der Waals surface area contributed by atoms with Crippen molar-refractivity contribution in [1.82, 2.24) is 9.80 Å². The number of thiophene rings is 1. The Morgan fingerprint density at radius 2 is 2.12 bits per heavy atom. The molecular weight excluding hydrogens is 382 g/mol. The second-order valence-corrected chi connectivity index (χ2v) is 8.65. The summed E-state index contributed by atoms with van der Waals surface area (Å²) in [5.74, 6) is 0. The maximum Gasteiger partial charge on any atom is 0.173 e. The molecule has 1 aromatic carbocycles. The number of anilines is 1. The monoisotopic (exact) mass is 407 g/mol. The quantitative estimate of drug-likeness (QED) is 0.619. The molecule has 140 valence electrons. The third kappa shape index (κ3) is 5.68. The number of hydrogen-bond donors (Lipinski definition) is 1. The van der Waals surface area contributed by atoms with Gasteiger partial charge in [-0.05, 0) is 87.2 Å². The van der Waals surface area contributed by atoms with Gasteiger partial charge in [-0.1, -0.05) is 23.7 Å². The van der Waals surface area contributed by atoms with Crippen LogP contribution in [0.3, 0.4) is 0 Å². The van der Waals surface area contributed by atoms with Crippen LogP contribution in [0.5, 0.6) is 0 Å². The Labute approximate surface area is 171 Å². The van der Waals surface area contributed by atoms with Gasteiger partial charge in [0.2, 0.25) is 0 Å². The molecule has 26 heavy (non-hydrogen) atoms. The first kappa shape index (κ1) is 19.6. The number of hydrogen-bond acceptors (Lipinski definition) is 3. The normalized spacial score (nSPS) is 14.5. The molecule has 1 aromatic heterocycles. The maximum atomic E-state index is 6.15. The van der Waals surface area contributed by atoms with E-state index in [0.717, 1.165) is 47.4 Å². The van der Waals surface area contributed by atoms with Gasteiger partial charge in [-0.25, -0.2) is 0 Å². The number of thiocarbonyl (C=S) groups is 1. The average Bonchev–Trinajstić information content (AvgIpc) is 3.31. The van der Waals surface area contributed by atoms with Crippen molar-refractivity contribution in [1.29, 1.82) is 0 Å². The van der Waals surface area contributed by atoms with Crippen LogP contribution in [0.25, 0.3) is 0 Å². The lowest BCUT2D eigenvalue weighted by Gasteiger charge is -2.27. The summed E-state index contributed by atoms with van der Waals surface area (Å²) >= 11 is 13.7. The average molecular weight is 408 g/mol. The Morgan fingerprint density at radius 1 is 1.31 bits per heavy atom. The van der Waals surface area contributed by atoms with Gasteiger partial charge in [0, 0.05) is 22.1 Å². The predicted molar refractivity (Wildman–Crippen MR) is 117 cm³/mol. The highest BCUT2D eigenvalue weighted by atomic mass is 35.5. The summed E-state index contributed by atoms with van der Waals surface area (Å²) in [6.07, 6.45) is 3.81. The third-order valence-corrected chi connectivity index (χ3v) is 6.21. The smallest absolute Gasteiger partial charge is 0.173 e. The molecule has 1 N–H and O–H groups in total. The molecule has 2 heterocycles. The van der Waals surface area contributed by atoms with E-state index < -0.39 is 0 Å². The van der Waals surface area contributed by atoms with Crippen molar-refractivity contribution in [3.8, 4) is 0 Å². The summed E-state index contributed by atoms with van der Waals surface area (Å²) in [4.78, 5) is 6.16. The van der Waals surface area contributed by atoms with Crippen molar-refractivity contribution in [2.24, 2.45) is 0 Å². The minimum absolute atomic E-state index is 0.722. The number of nitrogens with one attached hydrogen (secondary N) is 1. The second-order valence-electron chi connectivity index (χ2n) is 6.79. The van der Waals surface area contributed by atoms with Crippen molar-refractivity contribution in [3.63, 3.8) is 0 Å². The molecule has 6 heteroatoms. The van der Waals surface area contributed by atoms with Gasteiger partial charge >= 0.3 is 0 Å². The molecule has 1 saturated heterocycles. The fourth-order valence-corrected chi connectivity index (χ4v) is 4.41. The van der Waals surface area contributed by atoms with Gasteiger partial charge < -0.3 is 15.1 Å². The highest BCUT2D eigenvalue weighted by Crippen LogP contribution is 2.21. The van der Waals surface area contributed by atoms with Crippen molar-refractivity contribution in [2.75, 3.05) is 31.5 Å². The Bertz CT molecular complexity index is 712. The van der Waals surface area contributed by atoms with Gasteiger partial charge in [-0.3, -0.25) is 0 Å². The van der Waals surface area contributed by atoms with Crippen LogP contribution >= 0.6 is 35.2 Å². The lowest BCUT2D eigenvalue weighted by Crippen LogP contribution is -2.36. The third-order valence-electron chi connectivity index (χ3n) is 4.76. The number of likely N-dealkylation sites (tertiary alicyclic amines) is 1. The first-order chi connectivity index (χ1) is 12.6. The van der Waals surface area contributed by atoms with Crippen molar-refractivity contribution < 1.29 is 0 Å². The molecule has 1 aliphatic rings. The summed E-state index contributed by atoms with van der Waals surface area (Å²) in [5, 5.41) is 7.02. The Kier molecular flexibility index (Phi) is 7.32. The van der Waals surface area contributed by atoms with E-state index in [9.17, 15) is 0 Å². The lowest BCUT2D eigenvalue weighted by atomic mass is 10.2. The van der Waals surface area contributed by atoms with E-state index in [1.54, 1.807) is 11.3 Å². The predicted octanol–water partition coefficient (Wildman–Crippen LogP) is 5.39. The molecule has 3 nitrogen and oxygen atoms in total. The van der Waals surface area contributed by atoms with Crippen LogP contribution in [0.4, 0.5) is 5.69 Å². The van der Waals surface area contributed by atoms with Crippen LogP contribution in [0.15, 0.2) is 35.7 Å². The van der Waals surface area contributed by atoms with E-state index in [-0.39, 0.29) is 0 Å². The highest BCUT2D eigenvalue weighted by Gasteiger charge is 2.15. The number of benzene rings is 1. The first-order valence-electron chi connectivity index (χ1n) is 9.18. The molecule has 3 rings (SSSR count). The first-order valence-corrected chi connectivity index (χ1v) is 10.9. The van der Waals surface area contributed by atoms with E-state index in [1.165, 1.54) is 30.8 Å². The Morgan fingerprint density at radius 3 is 2.85 bits per heavy atom. The summed E-state index contributed by atoms with van der Waals surface area (Å²) in [6, 6.07) is 10.1. The van der Waals surface area contributed by atoms with Crippen molar-refractivity contribution in [2.45, 2.75) is 32.7 Å². The summed E-state index contributed by atoms with van der Waals surface area (Å²) < 4.78 is 0. The van der Waals surface area contributed by atoms with E-state index in [2.05, 4.69) is 39.6 Å².